The summed E-state index contributed by atoms with van der Waals surface area (Å²) in [5.74, 6) is -1.58. The molecule has 1 unspecified atom stereocenters. The lowest BCUT2D eigenvalue weighted by Gasteiger charge is -2.14. The van der Waals surface area contributed by atoms with E-state index < -0.39 is 17.9 Å². The summed E-state index contributed by atoms with van der Waals surface area (Å²) in [6.45, 7) is 0. The third kappa shape index (κ3) is 3.61. The number of aromatic amines is 1. The molecule has 20 heavy (non-hydrogen) atoms. The van der Waals surface area contributed by atoms with Crippen LogP contribution in [0.4, 0.5) is 0 Å². The summed E-state index contributed by atoms with van der Waals surface area (Å²) in [7, 11) is 0. The molecule has 2 rings (SSSR count). The Morgan fingerprint density at radius 3 is 2.55 bits per heavy atom. The molecule has 3 N–H and O–H groups in total. The van der Waals surface area contributed by atoms with E-state index >= 15 is 0 Å². The number of carbonyl (C=O) groups excluding carboxylic acids is 1. The van der Waals surface area contributed by atoms with E-state index in [0.717, 1.165) is 5.56 Å². The second kappa shape index (κ2) is 6.25. The van der Waals surface area contributed by atoms with Crippen molar-refractivity contribution in [2.24, 2.45) is 0 Å². The number of nitrogens with one attached hydrogen (secondary N) is 2. The predicted octanol–water partition coefficient (Wildman–Crippen LogP) is 2.09. The molecule has 1 heterocycles. The zero-order valence-corrected chi connectivity index (χ0v) is 11.2. The van der Waals surface area contributed by atoms with E-state index in [9.17, 15) is 14.7 Å². The average Bonchev–Trinajstić information content (AvgIpc) is 2.86. The molecule has 0 saturated heterocycles. The highest BCUT2D eigenvalue weighted by molar-refractivity contribution is 6.31. The van der Waals surface area contributed by atoms with Crippen molar-refractivity contribution in [1.29, 1.82) is 0 Å². The molecule has 104 valence electrons. The zero-order valence-electron chi connectivity index (χ0n) is 10.5. The van der Waals surface area contributed by atoms with Gasteiger partial charge in [0.25, 0.3) is 5.91 Å². The lowest BCUT2D eigenvalue weighted by Crippen LogP contribution is -2.42. The summed E-state index contributed by atoms with van der Waals surface area (Å²) < 4.78 is 0. The van der Waals surface area contributed by atoms with Crippen LogP contribution in [0.3, 0.4) is 0 Å². The summed E-state index contributed by atoms with van der Waals surface area (Å²) in [6.07, 6.45) is 1.68. The van der Waals surface area contributed by atoms with Gasteiger partial charge in [0, 0.05) is 12.6 Å². The van der Waals surface area contributed by atoms with E-state index in [-0.39, 0.29) is 12.1 Å². The maximum absolute atomic E-state index is 11.9. The fraction of sp³-hybridized carbons (Fsp3) is 0.143. The number of amides is 1. The van der Waals surface area contributed by atoms with Crippen LogP contribution in [0.25, 0.3) is 0 Å². The van der Waals surface area contributed by atoms with Crippen molar-refractivity contribution in [3.63, 3.8) is 0 Å². The Kier molecular flexibility index (Phi) is 4.42. The highest BCUT2D eigenvalue weighted by Crippen LogP contribution is 2.10. The summed E-state index contributed by atoms with van der Waals surface area (Å²) in [6, 6.07) is 9.56. The average molecular weight is 293 g/mol. The summed E-state index contributed by atoms with van der Waals surface area (Å²) >= 11 is 5.71. The van der Waals surface area contributed by atoms with Crippen LogP contribution in [0.5, 0.6) is 0 Å². The molecular formula is C14H13ClN2O3. The number of hydrogen-bond donors (Lipinski definition) is 3. The Hall–Kier alpha value is -2.27. The predicted molar refractivity (Wildman–Crippen MR) is 74.8 cm³/mol. The number of carboxylic acids is 1. The first-order valence-corrected chi connectivity index (χ1v) is 6.35. The van der Waals surface area contributed by atoms with E-state index in [0.29, 0.717) is 5.02 Å². The molecule has 0 radical (unpaired) electrons. The van der Waals surface area contributed by atoms with Crippen molar-refractivity contribution in [2.45, 2.75) is 12.5 Å². The van der Waals surface area contributed by atoms with E-state index in [1.54, 1.807) is 0 Å². The van der Waals surface area contributed by atoms with Crippen LogP contribution in [0.1, 0.15) is 16.1 Å². The number of rotatable bonds is 5. The maximum atomic E-state index is 11.9. The van der Waals surface area contributed by atoms with E-state index in [1.807, 2.05) is 30.3 Å². The lowest BCUT2D eigenvalue weighted by molar-refractivity contribution is -0.139. The van der Waals surface area contributed by atoms with Gasteiger partial charge in [0.1, 0.15) is 11.7 Å². The number of aliphatic carboxylic acids is 1. The summed E-state index contributed by atoms with van der Waals surface area (Å²) in [4.78, 5) is 25.8. The molecule has 1 aromatic carbocycles. The fourth-order valence-corrected chi connectivity index (χ4v) is 1.95. The van der Waals surface area contributed by atoms with Gasteiger partial charge in [0.2, 0.25) is 0 Å². The fourth-order valence-electron chi connectivity index (χ4n) is 1.78. The number of halogens is 1. The van der Waals surface area contributed by atoms with Gasteiger partial charge in [-0.3, -0.25) is 4.79 Å². The first kappa shape index (κ1) is 14.1. The Balaban J connectivity index is 2.06. The molecule has 0 fully saturated rings. The first-order chi connectivity index (χ1) is 9.56. The minimum atomic E-state index is -1.08. The van der Waals surface area contributed by atoms with Gasteiger partial charge in [-0.15, -0.1) is 0 Å². The zero-order chi connectivity index (χ0) is 14.5. The number of carbonyl (C=O) groups is 2. The number of benzene rings is 1. The molecule has 1 atom stereocenters. The van der Waals surface area contributed by atoms with Crippen molar-refractivity contribution in [3.05, 3.63) is 58.9 Å². The van der Waals surface area contributed by atoms with Crippen molar-refractivity contribution in [1.82, 2.24) is 10.3 Å². The quantitative estimate of drug-likeness (QED) is 0.789. The first-order valence-electron chi connectivity index (χ1n) is 5.98. The third-order valence-corrected chi connectivity index (χ3v) is 3.00. The normalized spacial score (nSPS) is 11.8. The van der Waals surface area contributed by atoms with E-state index in [1.165, 1.54) is 12.3 Å². The Labute approximate surface area is 120 Å². The van der Waals surface area contributed by atoms with Gasteiger partial charge >= 0.3 is 5.97 Å². The van der Waals surface area contributed by atoms with Crippen molar-refractivity contribution in [3.8, 4) is 0 Å². The molecule has 1 amide bonds. The second-order valence-corrected chi connectivity index (χ2v) is 4.72. The van der Waals surface area contributed by atoms with E-state index in [2.05, 4.69) is 10.3 Å². The molecule has 1 aromatic heterocycles. The van der Waals surface area contributed by atoms with Gasteiger partial charge < -0.3 is 15.4 Å². The third-order valence-electron chi connectivity index (χ3n) is 2.78. The van der Waals surface area contributed by atoms with Gasteiger partial charge in [-0.2, -0.15) is 0 Å². The summed E-state index contributed by atoms with van der Waals surface area (Å²) in [5, 5.41) is 12.0. The molecule has 0 aliphatic carbocycles. The molecule has 0 bridgehead atoms. The highest BCUT2D eigenvalue weighted by atomic mass is 35.5. The molecule has 6 heteroatoms. The number of aromatic nitrogens is 1. The molecule has 0 saturated carbocycles. The second-order valence-electron chi connectivity index (χ2n) is 4.29. The number of H-pyrrole nitrogens is 1. The van der Waals surface area contributed by atoms with E-state index in [4.69, 9.17) is 11.6 Å². The topological polar surface area (TPSA) is 82.2 Å². The molecule has 2 aromatic rings. The molecule has 0 spiro atoms. The largest absolute Gasteiger partial charge is 0.480 e. The Bertz CT molecular complexity index is 610. The van der Waals surface area contributed by atoms with Crippen LogP contribution >= 0.6 is 11.6 Å². The van der Waals surface area contributed by atoms with Gasteiger partial charge in [0.15, 0.2) is 0 Å². The monoisotopic (exact) mass is 292 g/mol. The smallest absolute Gasteiger partial charge is 0.326 e. The van der Waals surface area contributed by atoms with Gasteiger partial charge in [0.05, 0.1) is 5.02 Å². The van der Waals surface area contributed by atoms with Crippen LogP contribution < -0.4 is 5.32 Å². The maximum Gasteiger partial charge on any atom is 0.326 e. The number of carboxylic acid groups (broad SMARTS) is 1. The number of hydrogen-bond acceptors (Lipinski definition) is 2. The Morgan fingerprint density at radius 1 is 1.30 bits per heavy atom. The highest BCUT2D eigenvalue weighted by Gasteiger charge is 2.21. The van der Waals surface area contributed by atoms with Crippen LogP contribution in [-0.2, 0) is 11.2 Å². The minimum absolute atomic E-state index is 0.219. The van der Waals surface area contributed by atoms with Gasteiger partial charge in [-0.1, -0.05) is 41.9 Å². The SMILES string of the molecule is O=C(NC(Cc1ccccc1)C(=O)O)c1cc(Cl)c[nH]1. The van der Waals surface area contributed by atoms with Crippen molar-refractivity contribution in [2.75, 3.05) is 0 Å². The van der Waals surface area contributed by atoms with Gasteiger partial charge in [-0.05, 0) is 11.6 Å². The van der Waals surface area contributed by atoms with Gasteiger partial charge in [-0.25, -0.2) is 4.79 Å². The van der Waals surface area contributed by atoms with Crippen LogP contribution in [0.2, 0.25) is 5.02 Å². The summed E-state index contributed by atoms with van der Waals surface area (Å²) in [5.41, 5.74) is 1.07. The molecule has 0 aliphatic rings. The van der Waals surface area contributed by atoms with Crippen LogP contribution in [0.15, 0.2) is 42.6 Å². The lowest BCUT2D eigenvalue weighted by atomic mass is 10.1. The molecule has 5 nitrogen and oxygen atoms in total. The van der Waals surface area contributed by atoms with Crippen LogP contribution in [-0.4, -0.2) is 28.0 Å². The standard InChI is InChI=1S/C14H13ClN2O3/c15-10-7-11(16-8-10)13(18)17-12(14(19)20)6-9-4-2-1-3-5-9/h1-5,7-8,12,16H,6H2,(H,17,18)(H,19,20). The Morgan fingerprint density at radius 2 is 2.00 bits per heavy atom. The van der Waals surface area contributed by atoms with Crippen LogP contribution in [0, 0.1) is 0 Å². The minimum Gasteiger partial charge on any atom is -0.480 e. The molecular weight excluding hydrogens is 280 g/mol. The van der Waals surface area contributed by atoms with Crippen molar-refractivity contribution >= 4 is 23.5 Å². The molecule has 0 aliphatic heterocycles. The van der Waals surface area contributed by atoms with Crippen molar-refractivity contribution < 1.29 is 14.7 Å².